The molecule has 0 aliphatic carbocycles. The molecule has 0 bridgehead atoms. The summed E-state index contributed by atoms with van der Waals surface area (Å²) < 4.78 is 5.73. The second kappa shape index (κ2) is 4.76. The standard InChI is InChI=1S/C11H16ClN3O2/c1-11(2)7-15(5-8(6-16)17-11)10-4-3-9(12)13-14-10/h3-4,8,16H,5-7H2,1-2H3. The summed E-state index contributed by atoms with van der Waals surface area (Å²) >= 11 is 5.71. The van der Waals surface area contributed by atoms with Crippen LogP contribution in [0.15, 0.2) is 12.1 Å². The normalized spacial score (nSPS) is 23.8. The van der Waals surface area contributed by atoms with Crippen LogP contribution in [0.25, 0.3) is 0 Å². The van der Waals surface area contributed by atoms with Crippen LogP contribution in [0, 0.1) is 0 Å². The third-order valence-electron chi connectivity index (χ3n) is 2.63. The first-order chi connectivity index (χ1) is 8.00. The molecule has 0 saturated carbocycles. The summed E-state index contributed by atoms with van der Waals surface area (Å²) in [5.41, 5.74) is -0.313. The predicted octanol–water partition coefficient (Wildman–Crippen LogP) is 1.11. The molecule has 1 aromatic rings. The molecule has 6 heteroatoms. The Bertz CT molecular complexity index is 383. The Morgan fingerprint density at radius 2 is 2.29 bits per heavy atom. The SMILES string of the molecule is CC1(C)CN(c2ccc(Cl)nn2)CC(CO)O1. The van der Waals surface area contributed by atoms with E-state index in [9.17, 15) is 5.11 Å². The molecule has 1 N–H and O–H groups in total. The predicted molar refractivity (Wildman–Crippen MR) is 65.3 cm³/mol. The van der Waals surface area contributed by atoms with Crippen LogP contribution in [0.1, 0.15) is 13.8 Å². The molecule has 1 aliphatic rings. The number of halogens is 1. The van der Waals surface area contributed by atoms with Crippen LogP contribution in [0.3, 0.4) is 0 Å². The molecule has 1 fully saturated rings. The first kappa shape index (κ1) is 12.5. The number of rotatable bonds is 2. The third-order valence-corrected chi connectivity index (χ3v) is 2.83. The summed E-state index contributed by atoms with van der Waals surface area (Å²) in [5, 5.41) is 17.5. The van der Waals surface area contributed by atoms with Gasteiger partial charge >= 0.3 is 0 Å². The van der Waals surface area contributed by atoms with Gasteiger partial charge in [0, 0.05) is 13.1 Å². The maximum Gasteiger partial charge on any atom is 0.151 e. The number of anilines is 1. The van der Waals surface area contributed by atoms with Gasteiger partial charge in [-0.15, -0.1) is 10.2 Å². The molecule has 1 atom stereocenters. The van der Waals surface area contributed by atoms with Crippen LogP contribution < -0.4 is 4.90 Å². The van der Waals surface area contributed by atoms with Crippen LogP contribution >= 0.6 is 11.6 Å². The van der Waals surface area contributed by atoms with E-state index in [0.29, 0.717) is 18.2 Å². The summed E-state index contributed by atoms with van der Waals surface area (Å²) in [7, 11) is 0. The highest BCUT2D eigenvalue weighted by molar-refractivity contribution is 6.29. The van der Waals surface area contributed by atoms with Crippen molar-refractivity contribution < 1.29 is 9.84 Å². The summed E-state index contributed by atoms with van der Waals surface area (Å²) in [5.74, 6) is 0.754. The lowest BCUT2D eigenvalue weighted by molar-refractivity contribution is -0.101. The fourth-order valence-electron chi connectivity index (χ4n) is 2.04. The van der Waals surface area contributed by atoms with E-state index < -0.39 is 0 Å². The molecule has 1 aliphatic heterocycles. The molecular weight excluding hydrogens is 242 g/mol. The average Bonchev–Trinajstić information content (AvgIpc) is 2.27. The van der Waals surface area contributed by atoms with Crippen molar-refractivity contribution in [2.45, 2.75) is 25.6 Å². The number of aliphatic hydroxyl groups excluding tert-OH is 1. The number of morpholine rings is 1. The van der Waals surface area contributed by atoms with Gasteiger partial charge in [-0.05, 0) is 26.0 Å². The van der Waals surface area contributed by atoms with Gasteiger partial charge in [0.15, 0.2) is 11.0 Å². The van der Waals surface area contributed by atoms with E-state index >= 15 is 0 Å². The number of ether oxygens (including phenoxy) is 1. The van der Waals surface area contributed by atoms with Crippen LogP contribution in [0.2, 0.25) is 5.15 Å². The molecule has 2 rings (SSSR count). The van der Waals surface area contributed by atoms with Crippen molar-refractivity contribution in [3.05, 3.63) is 17.3 Å². The second-order valence-corrected chi connectivity index (χ2v) is 5.16. The number of aromatic nitrogens is 2. The largest absolute Gasteiger partial charge is 0.394 e. The molecule has 0 aromatic carbocycles. The molecule has 1 aromatic heterocycles. The van der Waals surface area contributed by atoms with Crippen molar-refractivity contribution in [1.29, 1.82) is 0 Å². The minimum absolute atomic E-state index is 0.000941. The van der Waals surface area contributed by atoms with Crippen LogP contribution in [-0.2, 0) is 4.74 Å². The highest BCUT2D eigenvalue weighted by Crippen LogP contribution is 2.24. The fraction of sp³-hybridized carbons (Fsp3) is 0.636. The van der Waals surface area contributed by atoms with E-state index in [1.807, 2.05) is 24.8 Å². The summed E-state index contributed by atoms with van der Waals surface area (Å²) in [6, 6.07) is 3.53. The van der Waals surface area contributed by atoms with Gasteiger partial charge in [0.2, 0.25) is 0 Å². The van der Waals surface area contributed by atoms with E-state index in [-0.39, 0.29) is 18.3 Å². The van der Waals surface area contributed by atoms with Gasteiger partial charge in [-0.3, -0.25) is 0 Å². The van der Waals surface area contributed by atoms with Gasteiger partial charge in [0.05, 0.1) is 18.3 Å². The molecule has 2 heterocycles. The summed E-state index contributed by atoms with van der Waals surface area (Å²) in [6.45, 7) is 5.30. The maximum absolute atomic E-state index is 9.22. The van der Waals surface area contributed by atoms with Gasteiger partial charge < -0.3 is 14.7 Å². The maximum atomic E-state index is 9.22. The van der Waals surface area contributed by atoms with E-state index in [2.05, 4.69) is 10.2 Å². The van der Waals surface area contributed by atoms with Gasteiger partial charge in [-0.25, -0.2) is 0 Å². The molecule has 1 saturated heterocycles. The number of aliphatic hydroxyl groups is 1. The van der Waals surface area contributed by atoms with E-state index in [0.717, 1.165) is 5.82 Å². The Balaban J connectivity index is 2.17. The van der Waals surface area contributed by atoms with Gasteiger partial charge in [-0.1, -0.05) is 11.6 Å². The molecule has 0 radical (unpaired) electrons. The molecule has 17 heavy (non-hydrogen) atoms. The first-order valence-corrected chi connectivity index (χ1v) is 5.91. The Labute approximate surface area is 105 Å². The van der Waals surface area contributed by atoms with Crippen LogP contribution in [-0.4, -0.2) is 46.7 Å². The topological polar surface area (TPSA) is 58.5 Å². The van der Waals surface area contributed by atoms with Crippen LogP contribution in [0.4, 0.5) is 5.82 Å². The summed E-state index contributed by atoms with van der Waals surface area (Å²) in [4.78, 5) is 2.05. The third kappa shape index (κ3) is 3.06. The average molecular weight is 258 g/mol. The molecular formula is C11H16ClN3O2. The minimum Gasteiger partial charge on any atom is -0.394 e. The monoisotopic (exact) mass is 257 g/mol. The summed E-state index contributed by atoms with van der Waals surface area (Å²) in [6.07, 6.45) is -0.198. The van der Waals surface area contributed by atoms with Crippen molar-refractivity contribution in [3.8, 4) is 0 Å². The van der Waals surface area contributed by atoms with Gasteiger partial charge in [0.1, 0.15) is 0 Å². The number of nitrogens with zero attached hydrogens (tertiary/aromatic N) is 3. The second-order valence-electron chi connectivity index (χ2n) is 4.78. The zero-order valence-electron chi connectivity index (χ0n) is 9.93. The lowest BCUT2D eigenvalue weighted by Crippen LogP contribution is -2.54. The highest BCUT2D eigenvalue weighted by atomic mass is 35.5. The number of hydrogen-bond donors (Lipinski definition) is 1. The lowest BCUT2D eigenvalue weighted by Gasteiger charge is -2.42. The van der Waals surface area contributed by atoms with Gasteiger partial charge in [-0.2, -0.15) is 0 Å². The van der Waals surface area contributed by atoms with E-state index in [4.69, 9.17) is 16.3 Å². The van der Waals surface area contributed by atoms with Crippen molar-refractivity contribution in [1.82, 2.24) is 10.2 Å². The van der Waals surface area contributed by atoms with E-state index in [1.165, 1.54) is 0 Å². The van der Waals surface area contributed by atoms with Crippen molar-refractivity contribution in [2.24, 2.45) is 0 Å². The first-order valence-electron chi connectivity index (χ1n) is 5.53. The van der Waals surface area contributed by atoms with Crippen molar-refractivity contribution in [2.75, 3.05) is 24.6 Å². The van der Waals surface area contributed by atoms with Crippen molar-refractivity contribution in [3.63, 3.8) is 0 Å². The molecule has 1 unspecified atom stereocenters. The Kier molecular flexibility index (Phi) is 3.51. The zero-order valence-corrected chi connectivity index (χ0v) is 10.7. The van der Waals surface area contributed by atoms with E-state index in [1.54, 1.807) is 6.07 Å². The minimum atomic E-state index is -0.313. The highest BCUT2D eigenvalue weighted by Gasteiger charge is 2.33. The molecule has 0 spiro atoms. The Hall–Kier alpha value is -0.910. The molecule has 94 valence electrons. The molecule has 5 nitrogen and oxygen atoms in total. The Morgan fingerprint density at radius 1 is 1.53 bits per heavy atom. The quantitative estimate of drug-likeness (QED) is 0.860. The zero-order chi connectivity index (χ0) is 12.5. The fourth-order valence-corrected chi connectivity index (χ4v) is 2.14. The van der Waals surface area contributed by atoms with Gasteiger partial charge in [0.25, 0.3) is 0 Å². The smallest absolute Gasteiger partial charge is 0.151 e. The van der Waals surface area contributed by atoms with Crippen molar-refractivity contribution >= 4 is 17.4 Å². The number of hydrogen-bond acceptors (Lipinski definition) is 5. The molecule has 0 amide bonds. The lowest BCUT2D eigenvalue weighted by atomic mass is 10.1. The Morgan fingerprint density at radius 3 is 2.88 bits per heavy atom. The van der Waals surface area contributed by atoms with Crippen LogP contribution in [0.5, 0.6) is 0 Å².